The third-order valence-electron chi connectivity index (χ3n) is 11.5. The largest absolute Gasteiger partial charge is 0.453 e. The number of benzene rings is 2. The van der Waals surface area contributed by atoms with Crippen molar-refractivity contribution in [2.24, 2.45) is 11.8 Å². The Morgan fingerprint density at radius 3 is 2.39 bits per heavy atom. The quantitative estimate of drug-likeness (QED) is 0.0799. The van der Waals surface area contributed by atoms with E-state index in [0.29, 0.717) is 36.7 Å². The van der Waals surface area contributed by atoms with Crippen LogP contribution in [0.15, 0.2) is 73.2 Å². The van der Waals surface area contributed by atoms with Gasteiger partial charge in [-0.15, -0.1) is 0 Å². The molecule has 5 heterocycles. The minimum absolute atomic E-state index is 0.120. The van der Waals surface area contributed by atoms with Crippen LogP contribution in [-0.2, 0) is 23.9 Å². The van der Waals surface area contributed by atoms with E-state index in [1.165, 1.54) is 18.4 Å². The molecule has 0 spiro atoms. The van der Waals surface area contributed by atoms with Gasteiger partial charge in [0.05, 0.1) is 42.7 Å². The summed E-state index contributed by atoms with van der Waals surface area (Å²) in [4.78, 5) is 83.7. The molecule has 2 aliphatic heterocycles. The standard InChI is InChI=1S/C45H55N9O7S/c1-28(2)25-61-44(59)51-38(32-12-7-6-8-13-32)41(57)54-21-10-9-19-45(54,27-55)26-47-36-24-52-23-35(62-42(52)49-36)31-17-15-30(16-18-31)33-22-46-39(48-33)34-14-11-20-53(34)40(56)37(29(3)4)50-43(58)60-5/h6-8,12-13,15-18,22-24,27-29,34,37-38,47H,9-11,14,19-21,25-26H2,1-5H3,(H,46,48)(H,50,58)(H,51,59). The van der Waals surface area contributed by atoms with Gasteiger partial charge in [-0.2, -0.15) is 0 Å². The van der Waals surface area contributed by atoms with Crippen molar-refractivity contribution in [2.75, 3.05) is 38.7 Å². The van der Waals surface area contributed by atoms with E-state index in [2.05, 4.69) is 25.9 Å². The van der Waals surface area contributed by atoms with Gasteiger partial charge in [0.2, 0.25) is 5.91 Å². The average Bonchev–Trinajstić information content (AvgIpc) is 4.11. The van der Waals surface area contributed by atoms with Crippen LogP contribution in [0.3, 0.4) is 0 Å². The fourth-order valence-corrected chi connectivity index (χ4v) is 9.12. The van der Waals surface area contributed by atoms with Crippen LogP contribution in [0.5, 0.6) is 0 Å². The number of alkyl carbamates (subject to hydrolysis) is 2. The first-order valence-electron chi connectivity index (χ1n) is 21.2. The Morgan fingerprint density at radius 1 is 0.935 bits per heavy atom. The summed E-state index contributed by atoms with van der Waals surface area (Å²) < 4.78 is 12.1. The summed E-state index contributed by atoms with van der Waals surface area (Å²) in [5.74, 6) is 0.752. The van der Waals surface area contributed by atoms with E-state index in [9.17, 15) is 24.0 Å². The summed E-state index contributed by atoms with van der Waals surface area (Å²) in [5.41, 5.74) is 2.23. The third kappa shape index (κ3) is 9.62. The number of piperidine rings is 1. The van der Waals surface area contributed by atoms with Crippen molar-refractivity contribution in [3.8, 4) is 21.7 Å². The van der Waals surface area contributed by atoms with Crippen molar-refractivity contribution in [3.63, 3.8) is 0 Å². The highest BCUT2D eigenvalue weighted by atomic mass is 32.1. The second-order valence-corrected chi connectivity index (χ2v) is 17.7. The third-order valence-corrected chi connectivity index (χ3v) is 12.6. The van der Waals surface area contributed by atoms with E-state index in [4.69, 9.17) is 14.5 Å². The first-order valence-corrected chi connectivity index (χ1v) is 22.0. The summed E-state index contributed by atoms with van der Waals surface area (Å²) in [7, 11) is 1.28. The molecule has 16 nitrogen and oxygen atoms in total. The Labute approximate surface area is 364 Å². The van der Waals surface area contributed by atoms with E-state index in [0.717, 1.165) is 58.6 Å². The zero-order chi connectivity index (χ0) is 44.0. The number of aldehydes is 1. The number of H-pyrrole nitrogens is 1. The molecule has 4 amide bonds. The van der Waals surface area contributed by atoms with Crippen molar-refractivity contribution in [2.45, 2.75) is 83.5 Å². The first-order chi connectivity index (χ1) is 29.9. The van der Waals surface area contributed by atoms with E-state index >= 15 is 0 Å². The highest BCUT2D eigenvalue weighted by molar-refractivity contribution is 7.20. The normalized spacial score (nSPS) is 18.7. The molecule has 62 heavy (non-hydrogen) atoms. The number of fused-ring (bicyclic) bond motifs is 1. The van der Waals surface area contributed by atoms with Crippen LogP contribution in [0.1, 0.15) is 83.3 Å². The fraction of sp³-hybridized carbons (Fsp3) is 0.444. The van der Waals surface area contributed by atoms with Gasteiger partial charge in [-0.05, 0) is 60.6 Å². The van der Waals surface area contributed by atoms with Crippen molar-refractivity contribution in [1.29, 1.82) is 0 Å². The predicted octanol–water partition coefficient (Wildman–Crippen LogP) is 6.98. The molecule has 5 aromatic rings. The van der Waals surface area contributed by atoms with Crippen LogP contribution in [-0.4, -0.2) is 104 Å². The molecular formula is C45H55N9O7S. The van der Waals surface area contributed by atoms with Crippen LogP contribution in [0, 0.1) is 11.8 Å². The van der Waals surface area contributed by atoms with Gasteiger partial charge in [0.15, 0.2) is 4.96 Å². The number of likely N-dealkylation sites (tertiary alicyclic amines) is 2. The lowest BCUT2D eigenvalue weighted by molar-refractivity contribution is -0.146. The van der Waals surface area contributed by atoms with Gasteiger partial charge in [-0.3, -0.25) is 14.0 Å². The van der Waals surface area contributed by atoms with Crippen LogP contribution < -0.4 is 16.0 Å². The van der Waals surface area contributed by atoms with Crippen molar-refractivity contribution in [3.05, 3.63) is 84.6 Å². The number of aromatic nitrogens is 4. The van der Waals surface area contributed by atoms with Crippen molar-refractivity contribution < 1.29 is 33.4 Å². The maximum atomic E-state index is 14.3. The minimum Gasteiger partial charge on any atom is -0.453 e. The van der Waals surface area contributed by atoms with Crippen molar-refractivity contribution >= 4 is 52.4 Å². The molecule has 4 N–H and O–H groups in total. The molecule has 3 aromatic heterocycles. The Balaban J connectivity index is 1.01. The highest BCUT2D eigenvalue weighted by Crippen LogP contribution is 2.35. The second-order valence-electron chi connectivity index (χ2n) is 16.7. The molecule has 0 aliphatic carbocycles. The molecular weight excluding hydrogens is 811 g/mol. The molecule has 0 bridgehead atoms. The van der Waals surface area contributed by atoms with E-state index < -0.39 is 29.8 Å². The van der Waals surface area contributed by atoms with E-state index in [1.54, 1.807) is 40.3 Å². The average molecular weight is 866 g/mol. The molecule has 0 saturated carbocycles. The molecule has 4 unspecified atom stereocenters. The van der Waals surface area contributed by atoms with Crippen molar-refractivity contribution in [1.82, 2.24) is 39.8 Å². The summed E-state index contributed by atoms with van der Waals surface area (Å²) in [6, 6.07) is 15.2. The van der Waals surface area contributed by atoms with Gasteiger partial charge in [-0.25, -0.2) is 19.6 Å². The van der Waals surface area contributed by atoms with Gasteiger partial charge >= 0.3 is 12.2 Å². The molecule has 4 atom stereocenters. The number of hydrogen-bond acceptors (Lipinski definition) is 11. The molecule has 2 fully saturated rings. The first kappa shape index (κ1) is 43.8. The maximum Gasteiger partial charge on any atom is 0.408 e. The van der Waals surface area contributed by atoms with Gasteiger partial charge in [0.1, 0.15) is 35.6 Å². The monoisotopic (exact) mass is 865 g/mol. The molecule has 2 saturated heterocycles. The lowest BCUT2D eigenvalue weighted by Crippen LogP contribution is -2.61. The topological polar surface area (TPSA) is 192 Å². The van der Waals surface area contributed by atoms with Crippen LogP contribution in [0.2, 0.25) is 0 Å². The number of nitrogens with zero attached hydrogens (tertiary/aromatic N) is 5. The maximum absolute atomic E-state index is 14.3. The van der Waals surface area contributed by atoms with Crippen LogP contribution in [0.25, 0.3) is 26.7 Å². The fourth-order valence-electron chi connectivity index (χ4n) is 8.14. The number of thiazole rings is 1. The van der Waals surface area contributed by atoms with Gasteiger partial charge in [0.25, 0.3) is 5.91 Å². The number of nitrogens with one attached hydrogen (secondary N) is 4. The van der Waals surface area contributed by atoms with Gasteiger partial charge in [-0.1, -0.05) is 93.6 Å². The SMILES string of the molecule is COC(=O)NC(C(=O)N1CCCC1c1ncc(-c2ccc(-c3cn4cc(NCC5(C=O)CCCCN5C(=O)C(NC(=O)OCC(C)C)c5ccccc5)nc4s3)cc2)[nH]1)C(C)C. The predicted molar refractivity (Wildman–Crippen MR) is 235 cm³/mol. The smallest absolute Gasteiger partial charge is 0.408 e. The zero-order valence-electron chi connectivity index (χ0n) is 35.8. The molecule has 328 valence electrons. The van der Waals surface area contributed by atoms with E-state index in [-0.39, 0.29) is 42.8 Å². The molecule has 2 aliphatic rings. The van der Waals surface area contributed by atoms with Gasteiger partial charge in [0, 0.05) is 25.8 Å². The summed E-state index contributed by atoms with van der Waals surface area (Å²) in [5, 5.41) is 8.79. The number of rotatable bonds is 15. The number of aromatic amines is 1. The number of ether oxygens (including phenoxy) is 2. The zero-order valence-corrected chi connectivity index (χ0v) is 36.6. The lowest BCUT2D eigenvalue weighted by atomic mass is 9.86. The number of methoxy groups -OCH3 is 1. The lowest BCUT2D eigenvalue weighted by Gasteiger charge is -2.45. The van der Waals surface area contributed by atoms with Crippen LogP contribution in [0.4, 0.5) is 15.4 Å². The van der Waals surface area contributed by atoms with Crippen LogP contribution >= 0.6 is 11.3 Å². The molecule has 2 aromatic carbocycles. The summed E-state index contributed by atoms with van der Waals surface area (Å²) in [6.07, 6.45) is 8.73. The van der Waals surface area contributed by atoms with E-state index in [1.807, 2.05) is 74.8 Å². The number of carbonyl (C=O) groups excluding carboxylic acids is 5. The van der Waals surface area contributed by atoms with Gasteiger partial charge < -0.3 is 45.0 Å². The number of anilines is 1. The number of imidazole rings is 2. The Hall–Kier alpha value is -6.23. The Bertz CT molecular complexity index is 2330. The summed E-state index contributed by atoms with van der Waals surface area (Å²) >= 11 is 1.52. The minimum atomic E-state index is -1.15. The molecule has 17 heteroatoms. The number of carbonyl (C=O) groups is 5. The number of amides is 4. The molecule has 7 rings (SSSR count). The Kier molecular flexibility index (Phi) is 13.6. The molecule has 0 radical (unpaired) electrons. The number of hydrogen-bond donors (Lipinski definition) is 4. The Morgan fingerprint density at radius 2 is 1.69 bits per heavy atom. The summed E-state index contributed by atoms with van der Waals surface area (Å²) in [6.45, 7) is 8.95. The second kappa shape index (κ2) is 19.2. The highest BCUT2D eigenvalue weighted by Gasteiger charge is 2.44.